The summed E-state index contributed by atoms with van der Waals surface area (Å²) in [5.41, 5.74) is 2.60. The maximum atomic E-state index is 14.2. The second-order valence-corrected chi connectivity index (χ2v) is 27.6. The summed E-state index contributed by atoms with van der Waals surface area (Å²) in [6.45, 7) is 26.6. The normalized spacial score (nSPS) is 56.8. The molecular weight excluding hydrogens is 797 g/mol. The molecule has 20 unspecified atom stereocenters. The molecule has 358 valence electrons. The first kappa shape index (κ1) is 46.2. The molecule has 20 atom stereocenters. The van der Waals surface area contributed by atoms with Crippen molar-refractivity contribution in [3.8, 4) is 0 Å². The molecule has 11 aliphatic rings. The summed E-state index contributed by atoms with van der Waals surface area (Å²) in [6, 6.07) is 0. The molecule has 3 N–H and O–H groups in total. The average Bonchev–Trinajstić information content (AvgIpc) is 3.68. The first-order valence-electron chi connectivity index (χ1n) is 26.7. The van der Waals surface area contributed by atoms with E-state index in [2.05, 4.69) is 75.3 Å². The smallest absolute Gasteiger partial charge is 0.309 e. The van der Waals surface area contributed by atoms with Gasteiger partial charge in [0.2, 0.25) is 0 Å². The highest BCUT2D eigenvalue weighted by atomic mass is 16.7. The number of rotatable bonds is 1. The number of carboxylic acids is 1. The standard InChI is InChI=1S/C30H46O4.C27H42O3/c1-25(2)21-8-11-30(7)23(28(21,5)10-9-22(25)32)20(31)16-18-19-17-27(4,24(33)34)13-12-26(19,3)14-15-29(18,30)6;1-16-7-12-27(29-15-16)17(2)24-23(30-27)14-22-20-6-5-18-13-19(28)8-10-25(18,3)21(20)9-11-26(22,24)4/h16,19,21-23,32H,8-15,17H2,1-7H3,(H,33,34);9,16-20,22-24,28H,5-8,10-15H2,1-4H3. The van der Waals surface area contributed by atoms with Crippen LogP contribution in [0, 0.1) is 96.6 Å². The molecule has 9 aliphatic carbocycles. The molecule has 2 saturated heterocycles. The molecule has 0 amide bonds. The molecule has 9 fully saturated rings. The van der Waals surface area contributed by atoms with Crippen LogP contribution in [0.4, 0.5) is 0 Å². The summed E-state index contributed by atoms with van der Waals surface area (Å²) in [5.74, 6) is 3.74. The van der Waals surface area contributed by atoms with Gasteiger partial charge in [-0.25, -0.2) is 0 Å². The first-order chi connectivity index (χ1) is 29.8. The third-order valence-electron chi connectivity index (χ3n) is 24.3. The van der Waals surface area contributed by atoms with Crippen LogP contribution in [0.25, 0.3) is 0 Å². The zero-order chi connectivity index (χ0) is 46.0. The fourth-order valence-corrected chi connectivity index (χ4v) is 19.9. The van der Waals surface area contributed by atoms with Crippen LogP contribution in [-0.2, 0) is 19.1 Å². The van der Waals surface area contributed by atoms with E-state index in [1.165, 1.54) is 44.1 Å². The fourth-order valence-electron chi connectivity index (χ4n) is 19.9. The molecule has 0 aromatic carbocycles. The molecule has 1 spiro atoms. The fraction of sp³-hybridized carbons (Fsp3) is 0.895. The predicted octanol–water partition coefficient (Wildman–Crippen LogP) is 12.1. The van der Waals surface area contributed by atoms with E-state index in [9.17, 15) is 24.9 Å². The van der Waals surface area contributed by atoms with E-state index in [4.69, 9.17) is 9.47 Å². The van der Waals surface area contributed by atoms with Crippen molar-refractivity contribution in [3.05, 3.63) is 23.3 Å². The van der Waals surface area contributed by atoms with Gasteiger partial charge in [0.05, 0.1) is 30.3 Å². The number of hydrogen-bond acceptors (Lipinski definition) is 6. The number of aliphatic hydroxyl groups is 2. The Morgan fingerprint density at radius 2 is 1.50 bits per heavy atom. The third kappa shape index (κ3) is 6.15. The number of hydrogen-bond donors (Lipinski definition) is 3. The van der Waals surface area contributed by atoms with Crippen LogP contribution in [0.3, 0.4) is 0 Å². The van der Waals surface area contributed by atoms with Gasteiger partial charge < -0.3 is 24.8 Å². The number of aliphatic carboxylic acids is 1. The van der Waals surface area contributed by atoms with Crippen LogP contribution in [0.1, 0.15) is 192 Å². The quantitative estimate of drug-likeness (QED) is 0.225. The zero-order valence-corrected chi connectivity index (χ0v) is 42.0. The predicted molar refractivity (Wildman–Crippen MR) is 251 cm³/mol. The Kier molecular flexibility index (Phi) is 10.6. The van der Waals surface area contributed by atoms with Crippen LogP contribution >= 0.6 is 0 Å². The molecule has 7 heteroatoms. The van der Waals surface area contributed by atoms with Gasteiger partial charge in [-0.3, -0.25) is 9.59 Å². The number of carboxylic acid groups (broad SMARTS) is 1. The summed E-state index contributed by atoms with van der Waals surface area (Å²) in [6.07, 6.45) is 23.5. The zero-order valence-electron chi connectivity index (χ0n) is 42.0. The van der Waals surface area contributed by atoms with Crippen LogP contribution in [0.2, 0.25) is 0 Å². The second kappa shape index (κ2) is 14.7. The maximum Gasteiger partial charge on any atom is 0.309 e. The minimum Gasteiger partial charge on any atom is -0.481 e. The van der Waals surface area contributed by atoms with Crippen molar-refractivity contribution >= 4 is 11.8 Å². The summed E-state index contributed by atoms with van der Waals surface area (Å²) in [4.78, 5) is 26.4. The first-order valence-corrected chi connectivity index (χ1v) is 26.7. The topological polar surface area (TPSA) is 113 Å². The van der Waals surface area contributed by atoms with Gasteiger partial charge in [0.15, 0.2) is 11.6 Å². The van der Waals surface area contributed by atoms with Crippen molar-refractivity contribution in [2.45, 2.75) is 216 Å². The Balaban J connectivity index is 0.000000152. The largest absolute Gasteiger partial charge is 0.481 e. The van der Waals surface area contributed by atoms with Gasteiger partial charge >= 0.3 is 5.97 Å². The summed E-state index contributed by atoms with van der Waals surface area (Å²) < 4.78 is 13.3. The van der Waals surface area contributed by atoms with Crippen LogP contribution in [0.5, 0.6) is 0 Å². The van der Waals surface area contributed by atoms with Crippen LogP contribution in [-0.4, -0.2) is 57.8 Å². The average molecular weight is 885 g/mol. The number of ketones is 1. The van der Waals surface area contributed by atoms with Crippen LogP contribution < -0.4 is 0 Å². The number of allylic oxidation sites excluding steroid dienone is 4. The highest BCUT2D eigenvalue weighted by Gasteiger charge is 2.71. The number of ether oxygens (including phenoxy) is 2. The van der Waals surface area contributed by atoms with Gasteiger partial charge in [-0.2, -0.15) is 0 Å². The lowest BCUT2D eigenvalue weighted by molar-refractivity contribution is -0.272. The van der Waals surface area contributed by atoms with E-state index >= 15 is 0 Å². The highest BCUT2D eigenvalue weighted by Crippen LogP contribution is 2.76. The van der Waals surface area contributed by atoms with E-state index in [0.717, 1.165) is 89.1 Å². The Morgan fingerprint density at radius 1 is 0.766 bits per heavy atom. The third-order valence-corrected chi connectivity index (χ3v) is 24.3. The number of carbonyl (C=O) groups excluding carboxylic acids is 1. The van der Waals surface area contributed by atoms with Gasteiger partial charge in [0.1, 0.15) is 0 Å². The Bertz CT molecular complexity index is 1980. The van der Waals surface area contributed by atoms with Crippen molar-refractivity contribution in [2.75, 3.05) is 6.61 Å². The molecule has 0 radical (unpaired) electrons. The molecule has 0 bridgehead atoms. The van der Waals surface area contributed by atoms with Gasteiger partial charge in [-0.1, -0.05) is 86.5 Å². The molecule has 2 aliphatic heterocycles. The minimum absolute atomic E-state index is 0.0296. The number of fused-ring (bicyclic) bond motifs is 14. The Labute approximate surface area is 387 Å². The summed E-state index contributed by atoms with van der Waals surface area (Å²) in [7, 11) is 0. The van der Waals surface area contributed by atoms with E-state index in [-0.39, 0.29) is 62.7 Å². The molecule has 7 nitrogen and oxygen atoms in total. The molecular formula is C57H88O7. The van der Waals surface area contributed by atoms with Gasteiger partial charge in [-0.05, 0) is 201 Å². The van der Waals surface area contributed by atoms with Crippen molar-refractivity contribution in [1.29, 1.82) is 0 Å². The lowest BCUT2D eigenvalue weighted by atomic mass is 9.33. The lowest BCUT2D eigenvalue weighted by Gasteiger charge is -2.70. The SMILES string of the molecule is CC1(C(=O)O)CCC2(C)CCC3(C)C(=CC(=O)C4C5(C)CCC(O)C(C)(C)C5CCC43C)C2C1.CC1CCC2(OC1)OC1CC3C4CCC5CC(O)CCC5(C)C4=CCC3(C)C1C2C. The van der Waals surface area contributed by atoms with Gasteiger partial charge in [0, 0.05) is 18.3 Å². The number of carbonyl (C=O) groups is 2. The Hall–Kier alpha value is -1.54. The van der Waals surface area contributed by atoms with Crippen molar-refractivity contribution in [1.82, 2.24) is 0 Å². The van der Waals surface area contributed by atoms with E-state index in [1.54, 1.807) is 5.57 Å². The van der Waals surface area contributed by atoms with Gasteiger partial charge in [0.25, 0.3) is 0 Å². The molecule has 7 saturated carbocycles. The second-order valence-electron chi connectivity index (χ2n) is 27.6. The Morgan fingerprint density at radius 3 is 2.20 bits per heavy atom. The monoisotopic (exact) mass is 885 g/mol. The summed E-state index contributed by atoms with van der Waals surface area (Å²) >= 11 is 0. The molecule has 11 rings (SSSR count). The highest BCUT2D eigenvalue weighted by molar-refractivity contribution is 5.95. The molecule has 0 aromatic rings. The van der Waals surface area contributed by atoms with Crippen molar-refractivity contribution < 1.29 is 34.4 Å². The van der Waals surface area contributed by atoms with Crippen molar-refractivity contribution in [3.63, 3.8) is 0 Å². The van der Waals surface area contributed by atoms with Gasteiger partial charge in [-0.15, -0.1) is 0 Å². The lowest BCUT2D eigenvalue weighted by Crippen LogP contribution is -2.66. The van der Waals surface area contributed by atoms with E-state index < -0.39 is 11.4 Å². The van der Waals surface area contributed by atoms with Crippen LogP contribution in [0.15, 0.2) is 23.3 Å². The molecule has 2 heterocycles. The molecule has 0 aromatic heterocycles. The van der Waals surface area contributed by atoms with E-state index in [0.29, 0.717) is 52.9 Å². The maximum absolute atomic E-state index is 14.2. The molecule has 64 heavy (non-hydrogen) atoms. The summed E-state index contributed by atoms with van der Waals surface area (Å²) in [5, 5.41) is 31.2. The van der Waals surface area contributed by atoms with Crippen molar-refractivity contribution in [2.24, 2.45) is 96.6 Å². The van der Waals surface area contributed by atoms with E-state index in [1.807, 2.05) is 13.0 Å². The number of aliphatic hydroxyl groups excluding tert-OH is 2. The minimum atomic E-state index is -0.711.